The Balaban J connectivity index is 3.57. The van der Waals surface area contributed by atoms with E-state index in [0.717, 1.165) is 37.7 Å². The van der Waals surface area contributed by atoms with Gasteiger partial charge in [0.1, 0.15) is 0 Å². The summed E-state index contributed by atoms with van der Waals surface area (Å²) < 4.78 is 17.1. The van der Waals surface area contributed by atoms with Gasteiger partial charge in [0.2, 0.25) is 0 Å². The average molecular weight is 260 g/mol. The smallest absolute Gasteiger partial charge is 0.333 e. The van der Waals surface area contributed by atoms with Gasteiger partial charge in [-0.2, -0.15) is 0 Å². The molecule has 0 aromatic carbocycles. The zero-order valence-corrected chi connectivity index (χ0v) is 12.2. The minimum atomic E-state index is -1.89. The summed E-state index contributed by atoms with van der Waals surface area (Å²) in [5.74, 6) is -0.321. The monoisotopic (exact) mass is 260 g/mol. The Morgan fingerprint density at radius 1 is 1.18 bits per heavy atom. The van der Waals surface area contributed by atoms with Crippen molar-refractivity contribution in [1.29, 1.82) is 0 Å². The van der Waals surface area contributed by atoms with E-state index >= 15 is 0 Å². The van der Waals surface area contributed by atoms with Gasteiger partial charge in [-0.3, -0.25) is 0 Å². The lowest BCUT2D eigenvalue weighted by Gasteiger charge is -2.13. The standard InChI is InChI=1S/C13H25O3P/c1-5-17(15,6-2)11-9-7-8-10-16-13(14)12(3)4/h3,5-11H2,1-2,4H3. The van der Waals surface area contributed by atoms with Crippen LogP contribution in [0, 0.1) is 0 Å². The van der Waals surface area contributed by atoms with E-state index in [1.807, 2.05) is 13.8 Å². The second kappa shape index (κ2) is 8.52. The van der Waals surface area contributed by atoms with Gasteiger partial charge in [0.05, 0.1) is 13.7 Å². The molecule has 17 heavy (non-hydrogen) atoms. The fraction of sp³-hybridized carbons (Fsp3) is 0.769. The van der Waals surface area contributed by atoms with E-state index in [1.54, 1.807) is 6.92 Å². The number of hydrogen-bond acceptors (Lipinski definition) is 3. The quantitative estimate of drug-likeness (QED) is 0.275. The third-order valence-electron chi connectivity index (χ3n) is 2.94. The Hall–Kier alpha value is -0.560. The van der Waals surface area contributed by atoms with Crippen LogP contribution >= 0.6 is 7.14 Å². The lowest BCUT2D eigenvalue weighted by atomic mass is 10.3. The number of hydrogen-bond donors (Lipinski definition) is 0. The van der Waals surface area contributed by atoms with Crippen LogP contribution in [-0.2, 0) is 14.1 Å². The van der Waals surface area contributed by atoms with E-state index in [4.69, 9.17) is 4.74 Å². The first-order valence-corrected chi connectivity index (χ1v) is 8.61. The molecule has 0 rings (SSSR count). The number of unbranched alkanes of at least 4 members (excludes halogenated alkanes) is 2. The predicted octanol–water partition coefficient (Wildman–Crippen LogP) is 3.68. The van der Waals surface area contributed by atoms with Crippen LogP contribution in [0.5, 0.6) is 0 Å². The number of carbonyl (C=O) groups excluding carboxylic acids is 1. The first-order valence-electron chi connectivity index (χ1n) is 6.35. The Bertz CT molecular complexity index is 289. The molecule has 0 atom stereocenters. The summed E-state index contributed by atoms with van der Waals surface area (Å²) in [5, 5.41) is 0. The van der Waals surface area contributed by atoms with Crippen LogP contribution in [0.15, 0.2) is 12.2 Å². The largest absolute Gasteiger partial charge is 0.462 e. The molecule has 0 saturated carbocycles. The van der Waals surface area contributed by atoms with Crippen LogP contribution in [0.1, 0.15) is 40.0 Å². The maximum atomic E-state index is 12.1. The van der Waals surface area contributed by atoms with E-state index in [-0.39, 0.29) is 5.97 Å². The van der Waals surface area contributed by atoms with Crippen LogP contribution in [-0.4, -0.2) is 31.1 Å². The molecule has 0 amide bonds. The van der Waals surface area contributed by atoms with Crippen molar-refractivity contribution < 1.29 is 14.1 Å². The van der Waals surface area contributed by atoms with Crippen LogP contribution in [0.2, 0.25) is 0 Å². The molecular weight excluding hydrogens is 235 g/mol. The minimum Gasteiger partial charge on any atom is -0.462 e. The average Bonchev–Trinajstić information content (AvgIpc) is 2.32. The SMILES string of the molecule is C=C(C)C(=O)OCCCCCP(=O)(CC)CC. The lowest BCUT2D eigenvalue weighted by Crippen LogP contribution is -2.06. The number of carbonyl (C=O) groups is 1. The van der Waals surface area contributed by atoms with Crippen LogP contribution < -0.4 is 0 Å². The topological polar surface area (TPSA) is 43.4 Å². The second-order valence-electron chi connectivity index (χ2n) is 4.39. The molecule has 0 spiro atoms. The highest BCUT2D eigenvalue weighted by Crippen LogP contribution is 2.45. The summed E-state index contributed by atoms with van der Waals surface area (Å²) in [5.41, 5.74) is 0.437. The van der Waals surface area contributed by atoms with Crippen molar-refractivity contribution in [3.8, 4) is 0 Å². The first kappa shape index (κ1) is 16.4. The second-order valence-corrected chi connectivity index (χ2v) is 8.22. The third kappa shape index (κ3) is 7.38. The van der Waals surface area contributed by atoms with Crippen LogP contribution in [0.4, 0.5) is 0 Å². The normalized spacial score (nSPS) is 11.2. The summed E-state index contributed by atoms with van der Waals surface area (Å²) in [6, 6.07) is 0. The Kier molecular flexibility index (Phi) is 8.24. The fourth-order valence-electron chi connectivity index (χ4n) is 1.51. The highest BCUT2D eigenvalue weighted by Gasteiger charge is 2.15. The molecule has 0 aliphatic carbocycles. The van der Waals surface area contributed by atoms with E-state index in [9.17, 15) is 9.36 Å². The summed E-state index contributed by atoms with van der Waals surface area (Å²) in [4.78, 5) is 11.1. The zero-order chi connectivity index (χ0) is 13.3. The van der Waals surface area contributed by atoms with Gasteiger partial charge in [-0.1, -0.05) is 20.4 Å². The van der Waals surface area contributed by atoms with Gasteiger partial charge < -0.3 is 9.30 Å². The molecule has 0 bridgehead atoms. The molecule has 3 nitrogen and oxygen atoms in total. The van der Waals surface area contributed by atoms with Gasteiger partial charge in [0, 0.05) is 11.7 Å². The fourth-order valence-corrected chi connectivity index (χ4v) is 3.39. The van der Waals surface area contributed by atoms with E-state index in [0.29, 0.717) is 12.2 Å². The van der Waals surface area contributed by atoms with E-state index in [1.165, 1.54) is 0 Å². The van der Waals surface area contributed by atoms with Crippen molar-refractivity contribution in [2.24, 2.45) is 0 Å². The molecule has 4 heteroatoms. The van der Waals surface area contributed by atoms with Gasteiger partial charge in [-0.05, 0) is 38.5 Å². The molecule has 0 aromatic heterocycles. The maximum absolute atomic E-state index is 12.1. The molecule has 0 radical (unpaired) electrons. The van der Waals surface area contributed by atoms with Crippen LogP contribution in [0.25, 0.3) is 0 Å². The molecule has 0 aliphatic heterocycles. The lowest BCUT2D eigenvalue weighted by molar-refractivity contribution is -0.139. The molecule has 0 aliphatic rings. The highest BCUT2D eigenvalue weighted by molar-refractivity contribution is 7.63. The predicted molar refractivity (Wildman–Crippen MR) is 73.2 cm³/mol. The third-order valence-corrected chi connectivity index (χ3v) is 6.38. The van der Waals surface area contributed by atoms with Crippen molar-refractivity contribution in [2.75, 3.05) is 25.1 Å². The molecule has 0 saturated heterocycles. The van der Waals surface area contributed by atoms with E-state index in [2.05, 4.69) is 6.58 Å². The van der Waals surface area contributed by atoms with Gasteiger partial charge in [0.25, 0.3) is 0 Å². The molecule has 0 unspecified atom stereocenters. The summed E-state index contributed by atoms with van der Waals surface area (Å²) in [7, 11) is -1.89. The zero-order valence-electron chi connectivity index (χ0n) is 11.3. The Morgan fingerprint density at radius 3 is 2.24 bits per heavy atom. The molecule has 0 fully saturated rings. The van der Waals surface area contributed by atoms with Gasteiger partial charge in [-0.25, -0.2) is 4.79 Å². The number of esters is 1. The first-order chi connectivity index (χ1) is 7.95. The van der Waals surface area contributed by atoms with E-state index < -0.39 is 7.14 Å². The number of rotatable bonds is 9. The molecule has 0 heterocycles. The van der Waals surface area contributed by atoms with Crippen molar-refractivity contribution in [1.82, 2.24) is 0 Å². The van der Waals surface area contributed by atoms with Crippen molar-refractivity contribution in [2.45, 2.75) is 40.0 Å². The summed E-state index contributed by atoms with van der Waals surface area (Å²) in [6.45, 7) is 9.59. The van der Waals surface area contributed by atoms with Crippen molar-refractivity contribution >= 4 is 13.1 Å². The van der Waals surface area contributed by atoms with Crippen LogP contribution in [0.3, 0.4) is 0 Å². The molecule has 100 valence electrons. The molecular formula is C13H25O3P. The van der Waals surface area contributed by atoms with Gasteiger partial charge in [0.15, 0.2) is 0 Å². The highest BCUT2D eigenvalue weighted by atomic mass is 31.2. The Morgan fingerprint density at radius 2 is 1.76 bits per heavy atom. The molecule has 0 N–H and O–H groups in total. The van der Waals surface area contributed by atoms with Gasteiger partial charge >= 0.3 is 5.97 Å². The molecule has 0 aromatic rings. The minimum absolute atomic E-state index is 0.321. The Labute approximate surface area is 105 Å². The van der Waals surface area contributed by atoms with Crippen molar-refractivity contribution in [3.63, 3.8) is 0 Å². The number of ether oxygens (including phenoxy) is 1. The maximum Gasteiger partial charge on any atom is 0.333 e. The summed E-state index contributed by atoms with van der Waals surface area (Å²) in [6.07, 6.45) is 5.19. The summed E-state index contributed by atoms with van der Waals surface area (Å²) >= 11 is 0. The van der Waals surface area contributed by atoms with Gasteiger partial charge in [-0.15, -0.1) is 0 Å². The van der Waals surface area contributed by atoms with Crippen molar-refractivity contribution in [3.05, 3.63) is 12.2 Å².